The van der Waals surface area contributed by atoms with Gasteiger partial charge in [-0.15, -0.1) is 11.6 Å². The highest BCUT2D eigenvalue weighted by molar-refractivity contribution is 6.24. The molecule has 0 aliphatic rings. The van der Waals surface area contributed by atoms with Crippen molar-refractivity contribution in [1.82, 2.24) is 11.5 Å². The largest absolute Gasteiger partial charge is 0.348 e. The Kier molecular flexibility index (Phi) is 8.68. The van der Waals surface area contributed by atoms with Gasteiger partial charge in [0.05, 0.1) is 4.87 Å². The van der Waals surface area contributed by atoms with Gasteiger partial charge in [-0.25, -0.2) is 0 Å². The van der Waals surface area contributed by atoms with Crippen LogP contribution in [0.15, 0.2) is 12.7 Å². The van der Waals surface area contributed by atoms with Crippen LogP contribution in [0.25, 0.3) is 0 Å². The molecule has 0 heterocycles. The second kappa shape index (κ2) is 7.71. The van der Waals surface area contributed by atoms with E-state index in [1.54, 1.807) is 0 Å². The number of alkyl halides is 1. The first-order valence-corrected chi connectivity index (χ1v) is 5.53. The summed E-state index contributed by atoms with van der Waals surface area (Å²) >= 11 is 6.43. The fourth-order valence-electron chi connectivity index (χ4n) is 1.57. The third kappa shape index (κ3) is 4.67. The minimum atomic E-state index is -0.326. The van der Waals surface area contributed by atoms with E-state index in [0.717, 1.165) is 19.3 Å². The summed E-state index contributed by atoms with van der Waals surface area (Å²) in [6.45, 7) is 9.53. The molecule has 0 fully saturated rings. The van der Waals surface area contributed by atoms with Crippen molar-refractivity contribution in [3.63, 3.8) is 0 Å². The van der Waals surface area contributed by atoms with Crippen molar-refractivity contribution in [3.05, 3.63) is 12.7 Å². The minimum absolute atomic E-state index is 0. The van der Waals surface area contributed by atoms with Gasteiger partial charge in [0.1, 0.15) is 0 Å². The first-order chi connectivity index (χ1) is 6.53. The molecule has 4 heteroatoms. The summed E-state index contributed by atoms with van der Waals surface area (Å²) < 4.78 is 0. The maximum Gasteiger partial charge on any atom is 0.243 e. The first-order valence-electron chi connectivity index (χ1n) is 5.15. The lowest BCUT2D eigenvalue weighted by atomic mass is 9.91. The van der Waals surface area contributed by atoms with Gasteiger partial charge in [-0.05, 0) is 25.3 Å². The Balaban J connectivity index is 0. The van der Waals surface area contributed by atoms with Crippen LogP contribution in [-0.4, -0.2) is 16.8 Å². The summed E-state index contributed by atoms with van der Waals surface area (Å²) in [7, 11) is 0. The summed E-state index contributed by atoms with van der Waals surface area (Å²) in [5, 5.41) is 2.87. The first kappa shape index (κ1) is 16.9. The number of hydrogen-bond acceptors (Lipinski definition) is 2. The van der Waals surface area contributed by atoms with E-state index in [4.69, 9.17) is 11.6 Å². The van der Waals surface area contributed by atoms with Crippen LogP contribution < -0.4 is 11.5 Å². The summed E-state index contributed by atoms with van der Waals surface area (Å²) in [5.41, 5.74) is 0. The molecule has 0 aromatic rings. The predicted octanol–water partition coefficient (Wildman–Crippen LogP) is 3.03. The summed E-state index contributed by atoms with van der Waals surface area (Å²) in [5.74, 6) is -0.149. The molecule has 0 aromatic carbocycles. The molecule has 90 valence electrons. The fraction of sp³-hybridized carbons (Fsp3) is 0.727. The molecule has 0 aliphatic carbocycles. The highest BCUT2D eigenvalue weighted by atomic mass is 35.5. The highest BCUT2D eigenvalue weighted by Gasteiger charge is 2.32. The van der Waals surface area contributed by atoms with E-state index in [0.29, 0.717) is 0 Å². The van der Waals surface area contributed by atoms with Crippen LogP contribution in [0, 0.1) is 0 Å². The smallest absolute Gasteiger partial charge is 0.243 e. The van der Waals surface area contributed by atoms with Crippen molar-refractivity contribution in [3.8, 4) is 0 Å². The quantitative estimate of drug-likeness (QED) is 0.548. The average molecular weight is 235 g/mol. The summed E-state index contributed by atoms with van der Waals surface area (Å²) in [6, 6.07) is 0.0182. The van der Waals surface area contributed by atoms with E-state index in [1.165, 1.54) is 6.08 Å². The van der Waals surface area contributed by atoms with E-state index >= 15 is 0 Å². The molecule has 4 N–H and O–H groups in total. The van der Waals surface area contributed by atoms with Crippen molar-refractivity contribution in [1.29, 1.82) is 0 Å². The molecule has 0 saturated heterocycles. The average Bonchev–Trinajstić information content (AvgIpc) is 2.24. The van der Waals surface area contributed by atoms with Gasteiger partial charge >= 0.3 is 0 Å². The molecule has 0 rings (SSSR count). The van der Waals surface area contributed by atoms with E-state index in [-0.39, 0.29) is 23.0 Å². The molecule has 15 heavy (non-hydrogen) atoms. The molecule has 0 aromatic heterocycles. The second-order valence-electron chi connectivity index (χ2n) is 3.42. The van der Waals surface area contributed by atoms with Crippen LogP contribution in [-0.2, 0) is 4.79 Å². The molecule has 0 saturated carbocycles. The minimum Gasteiger partial charge on any atom is -0.348 e. The van der Waals surface area contributed by atoms with Gasteiger partial charge in [0.25, 0.3) is 0 Å². The Morgan fingerprint density at radius 3 is 2.20 bits per heavy atom. The van der Waals surface area contributed by atoms with Crippen LogP contribution in [0.3, 0.4) is 0 Å². The van der Waals surface area contributed by atoms with Crippen molar-refractivity contribution in [2.45, 2.75) is 50.9 Å². The van der Waals surface area contributed by atoms with Crippen molar-refractivity contribution < 1.29 is 4.79 Å². The van der Waals surface area contributed by atoms with Crippen LogP contribution >= 0.6 is 11.6 Å². The van der Waals surface area contributed by atoms with Crippen molar-refractivity contribution in [2.75, 3.05) is 0 Å². The topological polar surface area (TPSA) is 64.1 Å². The molecule has 0 radical (unpaired) electrons. The number of rotatable bonds is 6. The van der Waals surface area contributed by atoms with Crippen LogP contribution in [0.1, 0.15) is 40.0 Å². The van der Waals surface area contributed by atoms with E-state index < -0.39 is 0 Å². The second-order valence-corrected chi connectivity index (χ2v) is 4.17. The van der Waals surface area contributed by atoms with Crippen molar-refractivity contribution in [2.24, 2.45) is 0 Å². The van der Waals surface area contributed by atoms with Gasteiger partial charge in [-0.1, -0.05) is 27.4 Å². The molecule has 0 aliphatic heterocycles. The Morgan fingerprint density at radius 1 is 1.47 bits per heavy atom. The normalized spacial score (nSPS) is 12.5. The molecule has 1 atom stereocenters. The monoisotopic (exact) mass is 234 g/mol. The molecule has 1 amide bonds. The van der Waals surface area contributed by atoms with E-state index in [1.807, 2.05) is 20.8 Å². The number of halogens is 1. The van der Waals surface area contributed by atoms with Gasteiger partial charge in [-0.3, -0.25) is 4.79 Å². The van der Waals surface area contributed by atoms with Crippen molar-refractivity contribution >= 4 is 17.5 Å². The maximum absolute atomic E-state index is 11.2. The predicted molar refractivity (Wildman–Crippen MR) is 66.6 cm³/mol. The lowest BCUT2D eigenvalue weighted by molar-refractivity contribution is -0.117. The zero-order valence-corrected chi connectivity index (χ0v) is 10.7. The zero-order chi connectivity index (χ0) is 11.2. The molecular weight excluding hydrogens is 212 g/mol. The number of nitrogens with one attached hydrogen (secondary N) is 1. The Hall–Kier alpha value is -0.540. The molecular formula is C11H23ClN2O. The number of carbonyl (C=O) groups is 1. The van der Waals surface area contributed by atoms with Gasteiger partial charge in [-0.2, -0.15) is 0 Å². The molecule has 3 nitrogen and oxygen atoms in total. The summed E-state index contributed by atoms with van der Waals surface area (Å²) in [6.07, 6.45) is 3.82. The molecule has 0 spiro atoms. The Labute approximate surface area is 97.8 Å². The van der Waals surface area contributed by atoms with E-state index in [2.05, 4.69) is 11.9 Å². The fourth-order valence-corrected chi connectivity index (χ4v) is 1.78. The highest BCUT2D eigenvalue weighted by Crippen LogP contribution is 2.29. The Morgan fingerprint density at radius 2 is 1.93 bits per heavy atom. The van der Waals surface area contributed by atoms with Crippen LogP contribution in [0.5, 0.6) is 0 Å². The Bertz CT molecular complexity index is 203. The third-order valence-electron chi connectivity index (χ3n) is 2.71. The summed E-state index contributed by atoms with van der Waals surface area (Å²) in [4.78, 5) is 10.8. The van der Waals surface area contributed by atoms with Crippen LogP contribution in [0.2, 0.25) is 0 Å². The van der Waals surface area contributed by atoms with Gasteiger partial charge < -0.3 is 11.5 Å². The van der Waals surface area contributed by atoms with E-state index in [9.17, 15) is 4.79 Å². The maximum atomic E-state index is 11.2. The molecule has 0 bridgehead atoms. The number of carbonyl (C=O) groups excluding carboxylic acids is 1. The lowest BCUT2D eigenvalue weighted by Gasteiger charge is -2.33. The van der Waals surface area contributed by atoms with Gasteiger partial charge in [0, 0.05) is 6.04 Å². The van der Waals surface area contributed by atoms with Gasteiger partial charge in [0.15, 0.2) is 0 Å². The molecule has 1 unspecified atom stereocenters. The lowest BCUT2D eigenvalue weighted by Crippen LogP contribution is -2.48. The van der Waals surface area contributed by atoms with Crippen LogP contribution in [0.4, 0.5) is 0 Å². The standard InChI is InChI=1S/C11H20ClNO.H3N/c1-5-9(13-10(14)6-2)11(12,7-3)8-4;/h6,9H,2,5,7-8H2,1,3-4H3,(H,13,14);1H3. The number of hydrogen-bond donors (Lipinski definition) is 2. The van der Waals surface area contributed by atoms with Gasteiger partial charge in [0.2, 0.25) is 5.91 Å². The zero-order valence-electron chi connectivity index (χ0n) is 9.98. The SMILES string of the molecule is C=CC(=O)NC(CC)C(Cl)(CC)CC.N. The third-order valence-corrected chi connectivity index (χ3v) is 3.51. The number of amides is 1.